The van der Waals surface area contributed by atoms with Gasteiger partial charge >= 0.3 is 0 Å². The van der Waals surface area contributed by atoms with Crippen molar-refractivity contribution in [3.63, 3.8) is 0 Å². The first-order valence-electron chi connectivity index (χ1n) is 8.84. The number of hydrogen-bond donors (Lipinski definition) is 1. The zero-order chi connectivity index (χ0) is 21.9. The zero-order valence-corrected chi connectivity index (χ0v) is 18.8. The summed E-state index contributed by atoms with van der Waals surface area (Å²) in [6.45, 7) is 7.83. The molecule has 0 bridgehead atoms. The molecule has 0 aromatic heterocycles. The first kappa shape index (κ1) is 26.8. The summed E-state index contributed by atoms with van der Waals surface area (Å²) in [5.41, 5.74) is 0. The van der Waals surface area contributed by atoms with Gasteiger partial charge in [-0.25, -0.2) is 35.1 Å². The Morgan fingerprint density at radius 2 is 0.852 bits per heavy atom. The fourth-order valence-electron chi connectivity index (χ4n) is 3.12. The van der Waals surface area contributed by atoms with E-state index in [1.165, 1.54) is 0 Å². The smallest absolute Gasteiger partial charge is 0.253 e. The standard InChI is InChI=1S/C16H31F8NSi2/c1-13(17,18)11-15(21,22)7-9-26(3,4)25-27(5,6)10-8-16(23,24)12-14(2,19)20/h25H,7-12H2,1-6H3. The second-order valence-electron chi connectivity index (χ2n) is 9.10. The first-order valence-corrected chi connectivity index (χ1v) is 15.3. The van der Waals surface area contributed by atoms with Crippen LogP contribution in [0.2, 0.25) is 38.3 Å². The lowest BCUT2D eigenvalue weighted by Crippen LogP contribution is -2.59. The predicted octanol–water partition coefficient (Wildman–Crippen LogP) is 7.13. The molecule has 164 valence electrons. The monoisotopic (exact) mass is 445 g/mol. The average Bonchev–Trinajstić information content (AvgIpc) is 2.28. The molecule has 0 spiro atoms. The highest BCUT2D eigenvalue weighted by Crippen LogP contribution is 2.37. The van der Waals surface area contributed by atoms with Gasteiger partial charge in [0.15, 0.2) is 0 Å². The molecule has 0 radical (unpaired) electrons. The van der Waals surface area contributed by atoms with Gasteiger partial charge in [-0.1, -0.05) is 26.2 Å². The summed E-state index contributed by atoms with van der Waals surface area (Å²) >= 11 is 0. The van der Waals surface area contributed by atoms with E-state index in [0.717, 1.165) is 0 Å². The first-order chi connectivity index (χ1) is 11.5. The Kier molecular flexibility index (Phi) is 8.63. The summed E-state index contributed by atoms with van der Waals surface area (Å²) in [5.74, 6) is -13.9. The van der Waals surface area contributed by atoms with Gasteiger partial charge in [0.1, 0.15) is 16.5 Å². The molecule has 0 unspecified atom stereocenters. The third-order valence-corrected chi connectivity index (χ3v) is 12.5. The van der Waals surface area contributed by atoms with Crippen LogP contribution in [-0.4, -0.2) is 40.2 Å². The molecular weight excluding hydrogens is 414 g/mol. The van der Waals surface area contributed by atoms with Crippen molar-refractivity contribution in [2.45, 2.75) is 101 Å². The minimum Gasteiger partial charge on any atom is -0.359 e. The third kappa shape index (κ3) is 14.5. The number of rotatable bonds is 12. The average molecular weight is 446 g/mol. The van der Waals surface area contributed by atoms with E-state index in [1.807, 2.05) is 0 Å². The van der Waals surface area contributed by atoms with Crippen molar-refractivity contribution in [1.82, 2.24) is 4.65 Å². The minimum absolute atomic E-state index is 0.00986. The van der Waals surface area contributed by atoms with Crippen molar-refractivity contribution < 1.29 is 35.1 Å². The highest BCUT2D eigenvalue weighted by atomic mass is 28.4. The number of hydrogen-bond acceptors (Lipinski definition) is 1. The van der Waals surface area contributed by atoms with Crippen LogP contribution in [0.3, 0.4) is 0 Å². The summed E-state index contributed by atoms with van der Waals surface area (Å²) < 4.78 is 109. The Balaban J connectivity index is 4.72. The summed E-state index contributed by atoms with van der Waals surface area (Å²) in [6.07, 6.45) is -4.46. The summed E-state index contributed by atoms with van der Waals surface area (Å²) in [6, 6.07) is 0.0197. The second kappa shape index (κ2) is 8.68. The quantitative estimate of drug-likeness (QED) is 0.249. The Bertz CT molecular complexity index is 428. The maximum absolute atomic E-state index is 13.7. The molecule has 1 N–H and O–H groups in total. The summed E-state index contributed by atoms with van der Waals surface area (Å²) in [5, 5.41) is 0. The molecule has 0 aromatic rings. The lowest BCUT2D eigenvalue weighted by atomic mass is 10.1. The largest absolute Gasteiger partial charge is 0.359 e. The number of alkyl halides is 8. The molecule has 0 rings (SSSR count). The highest BCUT2D eigenvalue weighted by Gasteiger charge is 2.43. The van der Waals surface area contributed by atoms with E-state index in [1.54, 1.807) is 26.2 Å². The molecule has 11 heteroatoms. The molecular formula is C16H31F8NSi2. The summed E-state index contributed by atoms with van der Waals surface area (Å²) in [4.78, 5) is 0. The van der Waals surface area contributed by atoms with Crippen LogP contribution in [0.25, 0.3) is 0 Å². The molecule has 0 aliphatic carbocycles. The van der Waals surface area contributed by atoms with Crippen LogP contribution in [-0.2, 0) is 0 Å². The summed E-state index contributed by atoms with van der Waals surface area (Å²) in [7, 11) is -4.95. The van der Waals surface area contributed by atoms with Crippen LogP contribution < -0.4 is 4.65 Å². The van der Waals surface area contributed by atoms with Crippen molar-refractivity contribution in [1.29, 1.82) is 0 Å². The predicted molar refractivity (Wildman–Crippen MR) is 97.3 cm³/mol. The number of halogens is 8. The molecule has 0 atom stereocenters. The van der Waals surface area contributed by atoms with Crippen LogP contribution >= 0.6 is 0 Å². The molecule has 27 heavy (non-hydrogen) atoms. The molecule has 0 amide bonds. The van der Waals surface area contributed by atoms with Gasteiger partial charge in [0.05, 0.1) is 12.8 Å². The van der Waals surface area contributed by atoms with Crippen LogP contribution in [0.15, 0.2) is 0 Å². The van der Waals surface area contributed by atoms with Crippen LogP contribution in [0.4, 0.5) is 35.1 Å². The Hall–Kier alpha value is -0.166. The number of nitrogens with one attached hydrogen (secondary N) is 1. The maximum Gasteiger partial charge on any atom is 0.253 e. The van der Waals surface area contributed by atoms with E-state index in [0.29, 0.717) is 13.8 Å². The van der Waals surface area contributed by atoms with Crippen LogP contribution in [0, 0.1) is 0 Å². The van der Waals surface area contributed by atoms with Crippen molar-refractivity contribution in [2.24, 2.45) is 0 Å². The Morgan fingerprint density at radius 1 is 0.593 bits per heavy atom. The van der Waals surface area contributed by atoms with E-state index >= 15 is 0 Å². The lowest BCUT2D eigenvalue weighted by molar-refractivity contribution is -0.103. The zero-order valence-electron chi connectivity index (χ0n) is 16.8. The van der Waals surface area contributed by atoms with Crippen molar-refractivity contribution >= 4 is 16.5 Å². The molecule has 0 fully saturated rings. The second-order valence-corrected chi connectivity index (χ2v) is 18.6. The minimum atomic E-state index is -3.50. The normalized spacial score (nSPS) is 15.3. The fraction of sp³-hybridized carbons (Fsp3) is 1.00. The van der Waals surface area contributed by atoms with Crippen LogP contribution in [0.5, 0.6) is 0 Å². The van der Waals surface area contributed by atoms with Gasteiger partial charge in [-0.15, -0.1) is 0 Å². The van der Waals surface area contributed by atoms with E-state index in [-0.39, 0.29) is 12.1 Å². The van der Waals surface area contributed by atoms with Gasteiger partial charge in [0.2, 0.25) is 0 Å². The lowest BCUT2D eigenvalue weighted by Gasteiger charge is -2.36. The third-order valence-electron chi connectivity index (χ3n) is 4.05. The Morgan fingerprint density at radius 3 is 1.07 bits per heavy atom. The van der Waals surface area contributed by atoms with E-state index in [2.05, 4.69) is 4.65 Å². The van der Waals surface area contributed by atoms with Gasteiger partial charge in [-0.05, 0) is 25.9 Å². The molecule has 1 nitrogen and oxygen atoms in total. The van der Waals surface area contributed by atoms with Gasteiger partial charge in [-0.2, -0.15) is 0 Å². The Labute approximate surface area is 158 Å². The van der Waals surface area contributed by atoms with Crippen molar-refractivity contribution in [3.05, 3.63) is 0 Å². The molecule has 0 aliphatic rings. The highest BCUT2D eigenvalue weighted by molar-refractivity contribution is 6.91. The van der Waals surface area contributed by atoms with Crippen molar-refractivity contribution in [3.8, 4) is 0 Å². The fourth-order valence-corrected chi connectivity index (χ4v) is 13.4. The topological polar surface area (TPSA) is 12.0 Å². The van der Waals surface area contributed by atoms with E-state index < -0.39 is 65.8 Å². The van der Waals surface area contributed by atoms with Gasteiger partial charge in [-0.3, -0.25) is 0 Å². The van der Waals surface area contributed by atoms with E-state index in [9.17, 15) is 35.1 Å². The maximum atomic E-state index is 13.7. The van der Waals surface area contributed by atoms with Crippen LogP contribution in [0.1, 0.15) is 39.5 Å². The van der Waals surface area contributed by atoms with Gasteiger partial charge in [0, 0.05) is 12.8 Å². The molecule has 0 aliphatic heterocycles. The van der Waals surface area contributed by atoms with Gasteiger partial charge < -0.3 is 4.65 Å². The molecule has 0 aromatic carbocycles. The SMILES string of the molecule is CC(F)(F)CC(F)(F)CC[Si](C)(C)N[Si](C)(C)CCC(F)(F)CC(C)(F)F. The van der Waals surface area contributed by atoms with Crippen molar-refractivity contribution in [2.75, 3.05) is 0 Å². The van der Waals surface area contributed by atoms with E-state index in [4.69, 9.17) is 0 Å². The molecule has 0 saturated heterocycles. The molecule has 0 heterocycles. The molecule has 0 saturated carbocycles. The van der Waals surface area contributed by atoms with Gasteiger partial charge in [0.25, 0.3) is 23.7 Å².